The Morgan fingerprint density at radius 2 is 2.03 bits per heavy atom. The van der Waals surface area contributed by atoms with Crippen molar-refractivity contribution in [1.82, 2.24) is 19.6 Å². The molecule has 0 aliphatic heterocycles. The maximum Gasteiger partial charge on any atom is 0.266 e. The van der Waals surface area contributed by atoms with Crippen molar-refractivity contribution >= 4 is 29.0 Å². The Kier molecular flexibility index (Phi) is 5.48. The molecule has 0 atom stereocenters. The average Bonchev–Trinajstić information content (AvgIpc) is 3.12. The van der Waals surface area contributed by atoms with E-state index in [9.17, 15) is 14.0 Å². The second kappa shape index (κ2) is 8.37. The van der Waals surface area contributed by atoms with Crippen LogP contribution in [0.25, 0.3) is 17.0 Å². The van der Waals surface area contributed by atoms with E-state index < -0.39 is 5.82 Å². The van der Waals surface area contributed by atoms with Crippen molar-refractivity contribution in [2.75, 3.05) is 18.2 Å². The fraction of sp³-hybridized carbons (Fsp3) is 0.100. The van der Waals surface area contributed by atoms with Gasteiger partial charge in [-0.15, -0.1) is 0 Å². The van der Waals surface area contributed by atoms with Gasteiger partial charge in [-0.1, -0.05) is 30.0 Å². The van der Waals surface area contributed by atoms with Gasteiger partial charge in [0.2, 0.25) is 5.91 Å². The number of anilines is 1. The van der Waals surface area contributed by atoms with Crippen LogP contribution >= 0.6 is 11.8 Å². The molecule has 0 aliphatic carbocycles. The summed E-state index contributed by atoms with van der Waals surface area (Å²) < 4.78 is 20.7. The number of carbonyl (C=O) groups is 1. The number of nitrogens with one attached hydrogen (secondary N) is 2. The number of thioether (sulfide) groups is 1. The van der Waals surface area contributed by atoms with Crippen LogP contribution in [0.5, 0.6) is 5.75 Å². The molecule has 0 unspecified atom stereocenters. The molecule has 4 aromatic rings. The lowest BCUT2D eigenvalue weighted by Crippen LogP contribution is -2.15. The van der Waals surface area contributed by atoms with Crippen molar-refractivity contribution < 1.29 is 13.9 Å². The number of aromatic amines is 1. The lowest BCUT2D eigenvalue weighted by atomic mass is 10.2. The van der Waals surface area contributed by atoms with E-state index >= 15 is 0 Å². The van der Waals surface area contributed by atoms with Crippen LogP contribution in [0.2, 0.25) is 0 Å². The third-order valence-electron chi connectivity index (χ3n) is 4.13. The van der Waals surface area contributed by atoms with Gasteiger partial charge in [-0.05, 0) is 24.3 Å². The summed E-state index contributed by atoms with van der Waals surface area (Å²) in [5, 5.41) is 5.66. The van der Waals surface area contributed by atoms with E-state index in [0.717, 1.165) is 11.8 Å². The molecular formula is C20H16FN5O3S. The zero-order valence-electron chi connectivity index (χ0n) is 15.8. The molecule has 0 saturated heterocycles. The Hall–Kier alpha value is -3.66. The zero-order chi connectivity index (χ0) is 21.1. The number of amides is 1. The molecule has 30 heavy (non-hydrogen) atoms. The summed E-state index contributed by atoms with van der Waals surface area (Å²) >= 11 is 1.09. The SMILES string of the molecule is COc1cccc(NC(=O)CSc2nc(-c3ccccc3F)nc3cc(=O)[nH]n23)c1. The van der Waals surface area contributed by atoms with Crippen molar-refractivity contribution in [2.24, 2.45) is 0 Å². The van der Waals surface area contributed by atoms with Crippen molar-refractivity contribution in [3.8, 4) is 17.1 Å². The zero-order valence-corrected chi connectivity index (χ0v) is 16.6. The first-order valence-electron chi connectivity index (χ1n) is 8.85. The van der Waals surface area contributed by atoms with E-state index in [4.69, 9.17) is 4.74 Å². The smallest absolute Gasteiger partial charge is 0.266 e. The third-order valence-corrected chi connectivity index (χ3v) is 5.06. The Morgan fingerprint density at radius 3 is 2.83 bits per heavy atom. The van der Waals surface area contributed by atoms with E-state index in [1.165, 1.54) is 16.6 Å². The Balaban J connectivity index is 1.59. The van der Waals surface area contributed by atoms with Gasteiger partial charge < -0.3 is 10.1 Å². The van der Waals surface area contributed by atoms with Crippen LogP contribution < -0.4 is 15.6 Å². The van der Waals surface area contributed by atoms with Gasteiger partial charge in [0.1, 0.15) is 11.6 Å². The molecule has 152 valence electrons. The van der Waals surface area contributed by atoms with E-state index in [-0.39, 0.29) is 34.3 Å². The monoisotopic (exact) mass is 425 g/mol. The number of fused-ring (bicyclic) bond motifs is 1. The van der Waals surface area contributed by atoms with Crippen molar-refractivity contribution in [2.45, 2.75) is 5.16 Å². The second-order valence-electron chi connectivity index (χ2n) is 6.19. The summed E-state index contributed by atoms with van der Waals surface area (Å²) in [5.41, 5.74) is 0.701. The average molecular weight is 425 g/mol. The molecule has 0 bridgehead atoms. The van der Waals surface area contributed by atoms with E-state index in [1.807, 2.05) is 0 Å². The molecule has 1 amide bonds. The minimum Gasteiger partial charge on any atom is -0.497 e. The molecular weight excluding hydrogens is 409 g/mol. The van der Waals surface area contributed by atoms with Crippen molar-refractivity contribution in [3.05, 3.63) is 70.8 Å². The van der Waals surface area contributed by atoms with Gasteiger partial charge in [-0.25, -0.2) is 18.9 Å². The van der Waals surface area contributed by atoms with Gasteiger partial charge >= 0.3 is 0 Å². The number of H-pyrrole nitrogens is 1. The van der Waals surface area contributed by atoms with Crippen molar-refractivity contribution in [3.63, 3.8) is 0 Å². The first-order chi connectivity index (χ1) is 14.5. The van der Waals surface area contributed by atoms with Crippen molar-refractivity contribution in [1.29, 1.82) is 0 Å². The van der Waals surface area contributed by atoms with Crippen LogP contribution in [-0.4, -0.2) is 38.4 Å². The number of halogens is 1. The molecule has 2 aromatic heterocycles. The molecule has 2 aromatic carbocycles. The molecule has 0 saturated carbocycles. The predicted octanol–water partition coefficient (Wildman–Crippen LogP) is 2.96. The highest BCUT2D eigenvalue weighted by molar-refractivity contribution is 7.99. The van der Waals surface area contributed by atoms with Crippen LogP contribution in [0.3, 0.4) is 0 Å². The van der Waals surface area contributed by atoms with Crippen LogP contribution in [0.4, 0.5) is 10.1 Å². The summed E-state index contributed by atoms with van der Waals surface area (Å²) in [7, 11) is 1.54. The van der Waals surface area contributed by atoms with E-state index in [2.05, 4.69) is 20.4 Å². The normalized spacial score (nSPS) is 10.9. The number of aromatic nitrogens is 4. The molecule has 10 heteroatoms. The quantitative estimate of drug-likeness (QED) is 0.461. The van der Waals surface area contributed by atoms with Crippen LogP contribution in [0, 0.1) is 5.82 Å². The fourth-order valence-corrected chi connectivity index (χ4v) is 3.52. The molecule has 2 heterocycles. The number of rotatable bonds is 6. The standard InChI is InChI=1S/C20H16FN5O3S/c1-29-13-6-4-5-12(9-13)22-18(28)11-30-20-24-19(14-7-2-3-8-15(14)21)23-16-10-17(27)25-26(16)20/h2-10H,11H2,1H3,(H,22,28)(H,25,27). The summed E-state index contributed by atoms with van der Waals surface area (Å²) in [6.45, 7) is 0. The topological polar surface area (TPSA) is 101 Å². The molecule has 4 rings (SSSR count). The minimum atomic E-state index is -0.480. The molecule has 0 aliphatic rings. The maximum atomic E-state index is 14.2. The molecule has 8 nitrogen and oxygen atoms in total. The highest BCUT2D eigenvalue weighted by Crippen LogP contribution is 2.24. The largest absolute Gasteiger partial charge is 0.497 e. The molecule has 0 radical (unpaired) electrons. The Bertz CT molecular complexity index is 1290. The summed E-state index contributed by atoms with van der Waals surface area (Å²) in [6.07, 6.45) is 0. The first kappa shape index (κ1) is 19.6. The second-order valence-corrected chi connectivity index (χ2v) is 7.13. The lowest BCUT2D eigenvalue weighted by Gasteiger charge is -2.09. The highest BCUT2D eigenvalue weighted by atomic mass is 32.2. The predicted molar refractivity (Wildman–Crippen MR) is 111 cm³/mol. The van der Waals surface area contributed by atoms with Crippen LogP contribution in [0.15, 0.2) is 64.5 Å². The van der Waals surface area contributed by atoms with Gasteiger partial charge in [0, 0.05) is 17.8 Å². The highest BCUT2D eigenvalue weighted by Gasteiger charge is 2.15. The number of benzene rings is 2. The number of ether oxygens (including phenoxy) is 1. The summed E-state index contributed by atoms with van der Waals surface area (Å²) in [4.78, 5) is 32.8. The molecule has 2 N–H and O–H groups in total. The Morgan fingerprint density at radius 1 is 1.20 bits per heavy atom. The number of hydrogen-bond donors (Lipinski definition) is 2. The first-order valence-corrected chi connectivity index (χ1v) is 9.83. The Labute approximate surface area is 174 Å². The van der Waals surface area contributed by atoms with Gasteiger partial charge in [-0.3, -0.25) is 14.7 Å². The molecule has 0 fully saturated rings. The summed E-state index contributed by atoms with van der Waals surface area (Å²) in [6, 6.07) is 14.4. The van der Waals surface area contributed by atoms with Gasteiger partial charge in [-0.2, -0.15) is 0 Å². The number of methoxy groups -OCH3 is 1. The van der Waals surface area contributed by atoms with Gasteiger partial charge in [0.15, 0.2) is 16.6 Å². The van der Waals surface area contributed by atoms with Crippen LogP contribution in [-0.2, 0) is 4.79 Å². The number of carbonyl (C=O) groups excluding carboxylic acids is 1. The molecule has 0 spiro atoms. The van der Waals surface area contributed by atoms with Crippen LogP contribution in [0.1, 0.15) is 0 Å². The lowest BCUT2D eigenvalue weighted by molar-refractivity contribution is -0.113. The van der Waals surface area contributed by atoms with Gasteiger partial charge in [0.25, 0.3) is 5.56 Å². The minimum absolute atomic E-state index is 0.0141. The number of hydrogen-bond acceptors (Lipinski definition) is 6. The third kappa shape index (κ3) is 4.18. The van der Waals surface area contributed by atoms with E-state index in [1.54, 1.807) is 49.6 Å². The number of nitrogens with zero attached hydrogens (tertiary/aromatic N) is 3. The van der Waals surface area contributed by atoms with Gasteiger partial charge in [0.05, 0.1) is 18.4 Å². The maximum absolute atomic E-state index is 14.2. The summed E-state index contributed by atoms with van der Waals surface area (Å²) in [5.74, 6) is 0.00823. The fourth-order valence-electron chi connectivity index (χ4n) is 2.77. The van der Waals surface area contributed by atoms with E-state index in [0.29, 0.717) is 16.6 Å².